The Bertz CT molecular complexity index is 914. The fourth-order valence-corrected chi connectivity index (χ4v) is 2.41. The van der Waals surface area contributed by atoms with Crippen molar-refractivity contribution < 1.29 is 22.4 Å². The molecular weight excluding hydrogens is 411 g/mol. The lowest BCUT2D eigenvalue weighted by Gasteiger charge is -2.15. The van der Waals surface area contributed by atoms with Crippen molar-refractivity contribution in [1.29, 1.82) is 0 Å². The molecule has 0 atom stereocenters. The van der Waals surface area contributed by atoms with Crippen molar-refractivity contribution >= 4 is 11.9 Å². The average molecular weight is 439 g/mol. The van der Waals surface area contributed by atoms with Crippen LogP contribution in [0.1, 0.15) is 43.5 Å². The largest absolute Gasteiger partial charge is 0.443 e. The Hall–Kier alpha value is -3.04. The maximum Gasteiger partial charge on any atom is 0.416 e. The van der Waals surface area contributed by atoms with Gasteiger partial charge in [-0.2, -0.15) is 13.2 Å². The summed E-state index contributed by atoms with van der Waals surface area (Å²) in [5, 5.41) is 5.88. The molecule has 0 unspecified atom stereocenters. The number of nitrogens with zero attached hydrogens (tertiary/aromatic N) is 3. The molecule has 0 fully saturated rings. The van der Waals surface area contributed by atoms with Crippen LogP contribution < -0.4 is 10.6 Å². The number of rotatable bonds is 6. The molecule has 0 bridgehead atoms. The number of carbonyl (C=O) groups excluding carboxylic acids is 1. The first-order valence-electron chi connectivity index (χ1n) is 9.70. The van der Waals surface area contributed by atoms with Gasteiger partial charge >= 0.3 is 6.18 Å². The van der Waals surface area contributed by atoms with Gasteiger partial charge in [-0.1, -0.05) is 32.9 Å². The van der Waals surface area contributed by atoms with E-state index < -0.39 is 11.7 Å². The van der Waals surface area contributed by atoms with Crippen molar-refractivity contribution in [3.8, 4) is 0 Å². The predicted molar refractivity (Wildman–Crippen MR) is 111 cm³/mol. The van der Waals surface area contributed by atoms with Crippen molar-refractivity contribution in [1.82, 2.24) is 20.5 Å². The number of benzene rings is 1. The molecule has 170 valence electrons. The second-order valence-corrected chi connectivity index (χ2v) is 8.23. The van der Waals surface area contributed by atoms with Crippen molar-refractivity contribution in [2.24, 2.45) is 4.99 Å². The summed E-state index contributed by atoms with van der Waals surface area (Å²) < 4.78 is 44.5. The van der Waals surface area contributed by atoms with Gasteiger partial charge in [0, 0.05) is 19.5 Å². The van der Waals surface area contributed by atoms with E-state index in [0.29, 0.717) is 11.5 Å². The Morgan fingerprint density at radius 1 is 1.19 bits per heavy atom. The van der Waals surface area contributed by atoms with Gasteiger partial charge in [0.05, 0.1) is 31.4 Å². The number of nitrogens with one attached hydrogen (secondary N) is 2. The van der Waals surface area contributed by atoms with E-state index in [9.17, 15) is 18.0 Å². The van der Waals surface area contributed by atoms with E-state index in [-0.39, 0.29) is 36.9 Å². The van der Waals surface area contributed by atoms with Crippen LogP contribution in [0.25, 0.3) is 0 Å². The number of aliphatic imine (C=N–C) groups is 1. The SMILES string of the molecule is CN(C)C(=O)CNC(=NCc1cccc(C(F)(F)F)c1)NCc1ncc(C(C)(C)C)o1. The Morgan fingerprint density at radius 3 is 2.48 bits per heavy atom. The molecule has 10 heteroatoms. The normalized spacial score (nSPS) is 12.6. The topological polar surface area (TPSA) is 82.8 Å². The first-order valence-corrected chi connectivity index (χ1v) is 9.70. The molecule has 0 saturated heterocycles. The van der Waals surface area contributed by atoms with Gasteiger partial charge in [-0.25, -0.2) is 9.98 Å². The molecule has 1 heterocycles. The molecule has 0 aliphatic carbocycles. The first-order chi connectivity index (χ1) is 14.4. The maximum atomic E-state index is 12.9. The molecule has 0 spiro atoms. The average Bonchev–Trinajstić information content (AvgIpc) is 3.16. The number of hydrogen-bond acceptors (Lipinski definition) is 4. The fourth-order valence-electron chi connectivity index (χ4n) is 2.41. The van der Waals surface area contributed by atoms with Gasteiger partial charge in [0.25, 0.3) is 0 Å². The fraction of sp³-hybridized carbons (Fsp3) is 0.476. The number of halogens is 3. The zero-order valence-corrected chi connectivity index (χ0v) is 18.3. The summed E-state index contributed by atoms with van der Waals surface area (Å²) >= 11 is 0. The number of likely N-dealkylation sites (N-methyl/N-ethyl adjacent to an activating group) is 1. The number of amides is 1. The van der Waals surface area contributed by atoms with Gasteiger partial charge < -0.3 is 20.0 Å². The van der Waals surface area contributed by atoms with E-state index in [1.807, 2.05) is 20.8 Å². The lowest BCUT2D eigenvalue weighted by atomic mass is 9.94. The molecule has 0 saturated carbocycles. The predicted octanol–water partition coefficient (Wildman–Crippen LogP) is 3.31. The number of carbonyl (C=O) groups is 1. The zero-order chi connectivity index (χ0) is 23.2. The summed E-state index contributed by atoms with van der Waals surface area (Å²) in [5.41, 5.74) is -0.539. The second kappa shape index (κ2) is 9.84. The van der Waals surface area contributed by atoms with E-state index in [2.05, 4.69) is 20.6 Å². The third-order valence-electron chi connectivity index (χ3n) is 4.28. The highest BCUT2D eigenvalue weighted by atomic mass is 19.4. The summed E-state index contributed by atoms with van der Waals surface area (Å²) in [6.45, 7) is 6.17. The molecule has 1 amide bonds. The van der Waals surface area contributed by atoms with Crippen LogP contribution in [0.15, 0.2) is 39.9 Å². The number of aromatic nitrogens is 1. The number of guanidine groups is 1. The van der Waals surface area contributed by atoms with Crippen LogP contribution in [0.3, 0.4) is 0 Å². The van der Waals surface area contributed by atoms with Crippen molar-refractivity contribution in [2.45, 2.75) is 45.5 Å². The number of alkyl halides is 3. The van der Waals surface area contributed by atoms with Gasteiger partial charge in [0.1, 0.15) is 5.76 Å². The molecule has 31 heavy (non-hydrogen) atoms. The van der Waals surface area contributed by atoms with Crippen LogP contribution in [0.2, 0.25) is 0 Å². The van der Waals surface area contributed by atoms with E-state index in [4.69, 9.17) is 4.42 Å². The molecule has 0 radical (unpaired) electrons. The van der Waals surface area contributed by atoms with Crippen LogP contribution in [0, 0.1) is 0 Å². The standard InChI is InChI=1S/C21H28F3N5O2/c1-20(2,3)16-11-25-17(31-16)12-27-19(28-13-18(30)29(4)5)26-10-14-7-6-8-15(9-14)21(22,23)24/h6-9,11H,10,12-13H2,1-5H3,(H2,26,27,28). The van der Waals surface area contributed by atoms with E-state index in [1.54, 1.807) is 26.4 Å². The molecule has 0 aliphatic heterocycles. The van der Waals surface area contributed by atoms with Crippen LogP contribution in [-0.2, 0) is 29.5 Å². The maximum absolute atomic E-state index is 12.9. The molecular formula is C21H28F3N5O2. The van der Waals surface area contributed by atoms with Crippen LogP contribution in [0.5, 0.6) is 0 Å². The molecule has 1 aromatic heterocycles. The van der Waals surface area contributed by atoms with E-state index >= 15 is 0 Å². The van der Waals surface area contributed by atoms with Crippen molar-refractivity contribution in [3.05, 3.63) is 53.2 Å². The molecule has 1 aromatic carbocycles. The Balaban J connectivity index is 2.12. The van der Waals surface area contributed by atoms with Crippen molar-refractivity contribution in [3.63, 3.8) is 0 Å². The lowest BCUT2D eigenvalue weighted by molar-refractivity contribution is -0.137. The molecule has 7 nitrogen and oxygen atoms in total. The van der Waals surface area contributed by atoms with Crippen molar-refractivity contribution in [2.75, 3.05) is 20.6 Å². The summed E-state index contributed by atoms with van der Waals surface area (Å²) in [4.78, 5) is 21.8. The quantitative estimate of drug-likeness (QED) is 0.533. The van der Waals surface area contributed by atoms with Crippen LogP contribution >= 0.6 is 0 Å². The molecule has 2 rings (SSSR count). The Morgan fingerprint density at radius 2 is 1.90 bits per heavy atom. The smallest absolute Gasteiger partial charge is 0.416 e. The van der Waals surface area contributed by atoms with E-state index in [0.717, 1.165) is 17.9 Å². The summed E-state index contributed by atoms with van der Waals surface area (Å²) in [6.07, 6.45) is -2.77. The summed E-state index contributed by atoms with van der Waals surface area (Å²) in [7, 11) is 3.25. The first kappa shape index (κ1) is 24.2. The minimum absolute atomic E-state index is 0.00572. The zero-order valence-electron chi connectivity index (χ0n) is 18.3. The lowest BCUT2D eigenvalue weighted by Crippen LogP contribution is -2.42. The molecule has 2 aromatic rings. The second-order valence-electron chi connectivity index (χ2n) is 8.23. The molecule has 0 aliphatic rings. The molecule has 2 N–H and O–H groups in total. The van der Waals surface area contributed by atoms with Gasteiger partial charge in [-0.15, -0.1) is 0 Å². The van der Waals surface area contributed by atoms with Gasteiger partial charge in [0.15, 0.2) is 5.96 Å². The number of hydrogen-bond donors (Lipinski definition) is 2. The van der Waals surface area contributed by atoms with Crippen LogP contribution in [-0.4, -0.2) is 42.4 Å². The Kier molecular flexibility index (Phi) is 7.70. The van der Waals surface area contributed by atoms with Crippen LogP contribution in [0.4, 0.5) is 13.2 Å². The third kappa shape index (κ3) is 7.62. The summed E-state index contributed by atoms with van der Waals surface area (Å²) in [5.74, 6) is 1.22. The Labute approximate surface area is 179 Å². The summed E-state index contributed by atoms with van der Waals surface area (Å²) in [6, 6.07) is 4.96. The van der Waals surface area contributed by atoms with Gasteiger partial charge in [-0.05, 0) is 17.7 Å². The minimum Gasteiger partial charge on any atom is -0.443 e. The van der Waals surface area contributed by atoms with E-state index in [1.165, 1.54) is 11.0 Å². The van der Waals surface area contributed by atoms with Gasteiger partial charge in [-0.3, -0.25) is 4.79 Å². The third-order valence-corrected chi connectivity index (χ3v) is 4.28. The monoisotopic (exact) mass is 439 g/mol. The highest BCUT2D eigenvalue weighted by Crippen LogP contribution is 2.29. The highest BCUT2D eigenvalue weighted by Gasteiger charge is 2.30. The van der Waals surface area contributed by atoms with Gasteiger partial charge in [0.2, 0.25) is 11.8 Å². The number of oxazole rings is 1. The minimum atomic E-state index is -4.42. The highest BCUT2D eigenvalue weighted by molar-refractivity contribution is 5.86.